The summed E-state index contributed by atoms with van der Waals surface area (Å²) in [4.78, 5) is 24.7. The van der Waals surface area contributed by atoms with Gasteiger partial charge in [0.25, 0.3) is 5.91 Å². The fourth-order valence-electron chi connectivity index (χ4n) is 2.10. The number of para-hydroxylation sites is 1. The van der Waals surface area contributed by atoms with E-state index in [-0.39, 0.29) is 5.91 Å². The maximum Gasteiger partial charge on any atom is 0.276 e. The average Bonchev–Trinajstić information content (AvgIpc) is 3.09. The van der Waals surface area contributed by atoms with Gasteiger partial charge in [0, 0.05) is 11.6 Å². The molecule has 0 saturated carbocycles. The smallest absolute Gasteiger partial charge is 0.276 e. The lowest BCUT2D eigenvalue weighted by Crippen LogP contribution is -2.13. The summed E-state index contributed by atoms with van der Waals surface area (Å²) in [5, 5.41) is 13.0. The van der Waals surface area contributed by atoms with E-state index in [9.17, 15) is 4.79 Å². The van der Waals surface area contributed by atoms with E-state index in [1.54, 1.807) is 24.4 Å². The Morgan fingerprint density at radius 1 is 1.00 bits per heavy atom. The standard InChI is InChI=1S/C16H10N6OS2/c23-13(12-7-3-4-8-17-12)20-15-21-22-16(25-15)24-14-10-5-1-2-6-11(10)18-9-19-14/h1-9H,(H,20,21,23). The lowest BCUT2D eigenvalue weighted by Gasteiger charge is -2.01. The number of fused-ring (bicyclic) bond motifs is 1. The van der Waals surface area contributed by atoms with E-state index < -0.39 is 0 Å². The summed E-state index contributed by atoms with van der Waals surface area (Å²) >= 11 is 2.67. The van der Waals surface area contributed by atoms with Crippen molar-refractivity contribution in [2.45, 2.75) is 9.37 Å². The molecule has 4 rings (SSSR count). The van der Waals surface area contributed by atoms with Crippen LogP contribution < -0.4 is 5.32 Å². The zero-order chi connectivity index (χ0) is 17.1. The van der Waals surface area contributed by atoms with Gasteiger partial charge in [-0.25, -0.2) is 9.97 Å². The molecule has 0 unspecified atom stereocenters. The highest BCUT2D eigenvalue weighted by molar-refractivity contribution is 8.01. The minimum absolute atomic E-state index is 0.319. The normalized spacial score (nSPS) is 10.7. The molecule has 0 saturated heterocycles. The zero-order valence-electron chi connectivity index (χ0n) is 12.7. The highest BCUT2D eigenvalue weighted by Crippen LogP contribution is 2.34. The number of benzene rings is 1. The Kier molecular flexibility index (Phi) is 4.32. The SMILES string of the molecule is O=C(Nc1nnc(Sc2ncnc3ccccc23)s1)c1ccccn1. The molecule has 1 N–H and O–H groups in total. The van der Waals surface area contributed by atoms with Crippen molar-refractivity contribution in [2.75, 3.05) is 5.32 Å². The molecule has 7 nitrogen and oxygen atoms in total. The number of nitrogens with zero attached hydrogens (tertiary/aromatic N) is 5. The molecular formula is C16H10N6OS2. The average molecular weight is 366 g/mol. The van der Waals surface area contributed by atoms with Gasteiger partial charge < -0.3 is 0 Å². The second-order valence-corrected chi connectivity index (χ2v) is 7.05. The van der Waals surface area contributed by atoms with Crippen molar-refractivity contribution in [1.82, 2.24) is 25.1 Å². The van der Waals surface area contributed by atoms with Gasteiger partial charge in [-0.2, -0.15) is 0 Å². The number of hydrogen-bond donors (Lipinski definition) is 1. The molecule has 3 heterocycles. The van der Waals surface area contributed by atoms with E-state index in [1.165, 1.54) is 29.4 Å². The van der Waals surface area contributed by atoms with Crippen molar-refractivity contribution in [1.29, 1.82) is 0 Å². The highest BCUT2D eigenvalue weighted by Gasteiger charge is 2.13. The Balaban J connectivity index is 1.52. The highest BCUT2D eigenvalue weighted by atomic mass is 32.2. The number of amides is 1. The zero-order valence-corrected chi connectivity index (χ0v) is 14.3. The molecule has 0 aliphatic rings. The van der Waals surface area contributed by atoms with E-state index in [2.05, 4.69) is 30.5 Å². The minimum Gasteiger partial charge on any atom is -0.295 e. The van der Waals surface area contributed by atoms with E-state index in [4.69, 9.17) is 0 Å². The van der Waals surface area contributed by atoms with E-state index in [0.29, 0.717) is 15.2 Å². The minimum atomic E-state index is -0.319. The lowest BCUT2D eigenvalue weighted by molar-refractivity contribution is 0.102. The number of nitrogens with one attached hydrogen (secondary N) is 1. The maximum atomic E-state index is 12.1. The molecule has 0 aliphatic carbocycles. The van der Waals surface area contributed by atoms with Gasteiger partial charge >= 0.3 is 0 Å². The van der Waals surface area contributed by atoms with Crippen molar-refractivity contribution in [3.05, 3.63) is 60.7 Å². The fourth-order valence-corrected chi connectivity index (χ4v) is 3.85. The molecule has 0 aliphatic heterocycles. The quantitative estimate of drug-likeness (QED) is 0.437. The van der Waals surface area contributed by atoms with Crippen LogP contribution in [0.15, 0.2) is 64.4 Å². The van der Waals surface area contributed by atoms with Crippen LogP contribution in [0.1, 0.15) is 10.5 Å². The first kappa shape index (κ1) is 15.6. The molecule has 0 bridgehead atoms. The Morgan fingerprint density at radius 2 is 1.88 bits per heavy atom. The first-order valence-electron chi connectivity index (χ1n) is 7.23. The summed E-state index contributed by atoms with van der Waals surface area (Å²) in [7, 11) is 0. The summed E-state index contributed by atoms with van der Waals surface area (Å²) < 4.78 is 0.681. The Hall–Kier alpha value is -2.91. The molecule has 0 radical (unpaired) electrons. The first-order chi connectivity index (χ1) is 12.3. The van der Waals surface area contributed by atoms with Gasteiger partial charge in [-0.15, -0.1) is 10.2 Å². The summed E-state index contributed by atoms with van der Waals surface area (Å²) in [5.41, 5.74) is 1.20. The molecule has 4 aromatic rings. The van der Waals surface area contributed by atoms with Gasteiger partial charge in [-0.05, 0) is 30.0 Å². The van der Waals surface area contributed by atoms with Crippen LogP contribution in [0.3, 0.4) is 0 Å². The van der Waals surface area contributed by atoms with E-state index in [0.717, 1.165) is 15.9 Å². The van der Waals surface area contributed by atoms with Crippen LogP contribution in [-0.2, 0) is 0 Å². The molecule has 25 heavy (non-hydrogen) atoms. The van der Waals surface area contributed by atoms with Gasteiger partial charge in [0.05, 0.1) is 5.52 Å². The second-order valence-electron chi connectivity index (χ2n) is 4.84. The van der Waals surface area contributed by atoms with Crippen molar-refractivity contribution in [3.8, 4) is 0 Å². The van der Waals surface area contributed by atoms with Crippen molar-refractivity contribution < 1.29 is 4.79 Å². The van der Waals surface area contributed by atoms with E-state index in [1.807, 2.05) is 24.3 Å². The number of pyridine rings is 1. The third kappa shape index (κ3) is 3.47. The number of anilines is 1. The Labute approximate surface area is 150 Å². The van der Waals surface area contributed by atoms with Crippen LogP contribution in [0, 0.1) is 0 Å². The molecule has 0 spiro atoms. The summed E-state index contributed by atoms with van der Waals surface area (Å²) in [6.07, 6.45) is 3.09. The van der Waals surface area contributed by atoms with Crippen LogP contribution in [0.25, 0.3) is 10.9 Å². The van der Waals surface area contributed by atoms with Crippen molar-refractivity contribution >= 4 is 45.0 Å². The van der Waals surface area contributed by atoms with Gasteiger partial charge in [0.2, 0.25) is 5.13 Å². The number of aromatic nitrogens is 5. The third-order valence-corrected chi connectivity index (χ3v) is 5.12. The summed E-state index contributed by atoms with van der Waals surface area (Å²) in [5.74, 6) is -0.319. The van der Waals surface area contributed by atoms with Crippen LogP contribution >= 0.6 is 23.1 Å². The molecule has 0 atom stereocenters. The lowest BCUT2D eigenvalue weighted by atomic mass is 10.2. The molecule has 3 aromatic heterocycles. The molecule has 1 amide bonds. The maximum absolute atomic E-state index is 12.1. The summed E-state index contributed by atoms with van der Waals surface area (Å²) in [6, 6.07) is 12.9. The number of carbonyl (C=O) groups excluding carboxylic acids is 1. The molecular weight excluding hydrogens is 356 g/mol. The molecule has 0 fully saturated rings. The number of rotatable bonds is 4. The third-order valence-electron chi connectivity index (χ3n) is 3.21. The Morgan fingerprint density at radius 3 is 2.76 bits per heavy atom. The topological polar surface area (TPSA) is 93.6 Å². The monoisotopic (exact) mass is 366 g/mol. The molecule has 9 heteroatoms. The number of carbonyl (C=O) groups is 1. The summed E-state index contributed by atoms with van der Waals surface area (Å²) in [6.45, 7) is 0. The first-order valence-corrected chi connectivity index (χ1v) is 8.86. The van der Waals surface area contributed by atoms with Crippen LogP contribution in [0.5, 0.6) is 0 Å². The van der Waals surface area contributed by atoms with Gasteiger partial charge in [-0.3, -0.25) is 15.1 Å². The van der Waals surface area contributed by atoms with Crippen LogP contribution in [-0.4, -0.2) is 31.1 Å². The van der Waals surface area contributed by atoms with Gasteiger partial charge in [0.15, 0.2) is 4.34 Å². The van der Waals surface area contributed by atoms with Crippen molar-refractivity contribution in [2.24, 2.45) is 0 Å². The predicted molar refractivity (Wildman–Crippen MR) is 95.8 cm³/mol. The molecule has 122 valence electrons. The number of hydrogen-bond acceptors (Lipinski definition) is 8. The van der Waals surface area contributed by atoms with Crippen LogP contribution in [0.2, 0.25) is 0 Å². The predicted octanol–water partition coefficient (Wildman–Crippen LogP) is 3.28. The van der Waals surface area contributed by atoms with Crippen molar-refractivity contribution in [3.63, 3.8) is 0 Å². The van der Waals surface area contributed by atoms with Gasteiger partial charge in [-0.1, -0.05) is 35.6 Å². The van der Waals surface area contributed by atoms with Gasteiger partial charge in [0.1, 0.15) is 17.0 Å². The molecule has 1 aromatic carbocycles. The Bertz CT molecular complexity index is 1030. The fraction of sp³-hybridized carbons (Fsp3) is 0. The second kappa shape index (κ2) is 6.91. The van der Waals surface area contributed by atoms with E-state index >= 15 is 0 Å². The van der Waals surface area contributed by atoms with Crippen LogP contribution in [0.4, 0.5) is 5.13 Å². The largest absolute Gasteiger partial charge is 0.295 e.